The highest BCUT2D eigenvalue weighted by Crippen LogP contribution is 2.57. The molecule has 0 fully saturated rings. The molecule has 2 aliphatic heterocycles. The van der Waals surface area contributed by atoms with Gasteiger partial charge in [0.15, 0.2) is 11.7 Å². The number of carbonyl (C=O) groups excluding carboxylic acids is 1. The number of thiocarbonyl (C=S) groups is 1. The van der Waals surface area contributed by atoms with Crippen LogP contribution in [0, 0.1) is 0 Å². The van der Waals surface area contributed by atoms with Crippen molar-refractivity contribution in [2.24, 2.45) is 0 Å². The number of esters is 1. The molecule has 3 aromatic carbocycles. The fourth-order valence-corrected chi connectivity index (χ4v) is 5.28. The molecule has 0 saturated heterocycles. The number of phenols is 2. The standard InChI is InChI=1S/C28H26N2O8S.ClH/c1-30(2,3)14-18(13-25(33)34)36-27(39)29-15-4-7-20-19(10-15)26(35)38-28(20)21-8-5-16(31)11-23(21)37-24-12-17(32)6-9-22(24)28;/h4-12,18H,13-14H2,1-3H3,(H3-,29,31,32,33,34,39);1H/p+1. The minimum atomic E-state index is -1.37. The quantitative estimate of drug-likeness (QED) is 0.187. The molecule has 0 radical (unpaired) electrons. The van der Waals surface area contributed by atoms with Crippen molar-refractivity contribution in [3.8, 4) is 23.0 Å². The van der Waals surface area contributed by atoms with Gasteiger partial charge in [-0.05, 0) is 48.6 Å². The minimum Gasteiger partial charge on any atom is -0.508 e. The number of likely N-dealkylation sites (N-methyl/N-ethyl adjacent to an activating group) is 1. The first kappa shape index (κ1) is 28.9. The number of benzene rings is 3. The highest BCUT2D eigenvalue weighted by molar-refractivity contribution is 7.80. The maximum atomic E-state index is 13.3. The number of quaternary nitrogens is 1. The Morgan fingerprint density at radius 3 is 2.12 bits per heavy atom. The van der Waals surface area contributed by atoms with Crippen LogP contribution in [0.5, 0.6) is 23.0 Å². The summed E-state index contributed by atoms with van der Waals surface area (Å²) in [5.74, 6) is -1.08. The predicted molar refractivity (Wildman–Crippen MR) is 152 cm³/mol. The van der Waals surface area contributed by atoms with E-state index in [1.807, 2.05) is 21.1 Å². The van der Waals surface area contributed by atoms with Gasteiger partial charge >= 0.3 is 11.9 Å². The van der Waals surface area contributed by atoms with Gasteiger partial charge in [0.05, 0.1) is 33.1 Å². The number of carboxylic acids is 1. The number of phenolic OH excluding ortho intramolecular Hbond substituents is 2. The highest BCUT2D eigenvalue weighted by Gasteiger charge is 2.53. The molecule has 0 saturated carbocycles. The van der Waals surface area contributed by atoms with Gasteiger partial charge in [0, 0.05) is 34.5 Å². The zero-order valence-electron chi connectivity index (χ0n) is 21.8. The molecule has 2 heterocycles. The number of nitrogens with one attached hydrogen (secondary N) is 1. The molecule has 40 heavy (non-hydrogen) atoms. The summed E-state index contributed by atoms with van der Waals surface area (Å²) >= 11 is 5.35. The van der Waals surface area contributed by atoms with Gasteiger partial charge in [-0.1, -0.05) is 6.07 Å². The van der Waals surface area contributed by atoms with Crippen LogP contribution in [0.4, 0.5) is 5.69 Å². The lowest BCUT2D eigenvalue weighted by molar-refractivity contribution is -0.873. The van der Waals surface area contributed by atoms with Crippen molar-refractivity contribution in [2.75, 3.05) is 33.0 Å². The fraction of sp³-hybridized carbons (Fsp3) is 0.250. The van der Waals surface area contributed by atoms with Gasteiger partial charge in [-0.3, -0.25) is 4.79 Å². The molecule has 12 heteroatoms. The fourth-order valence-electron chi connectivity index (χ4n) is 5.03. The molecule has 0 aliphatic carbocycles. The predicted octanol–water partition coefficient (Wildman–Crippen LogP) is 4.35. The van der Waals surface area contributed by atoms with Crippen molar-refractivity contribution in [1.82, 2.24) is 0 Å². The van der Waals surface area contributed by atoms with Crippen molar-refractivity contribution in [1.29, 1.82) is 0 Å². The first-order valence-electron chi connectivity index (χ1n) is 12.1. The Balaban J connectivity index is 0.00000370. The lowest BCUT2D eigenvalue weighted by Gasteiger charge is -2.36. The van der Waals surface area contributed by atoms with E-state index in [0.29, 0.717) is 33.4 Å². The maximum absolute atomic E-state index is 13.3. The molecule has 210 valence electrons. The van der Waals surface area contributed by atoms with Crippen LogP contribution in [0.25, 0.3) is 0 Å². The van der Waals surface area contributed by atoms with Crippen molar-refractivity contribution in [3.05, 3.63) is 76.9 Å². The van der Waals surface area contributed by atoms with E-state index in [0.717, 1.165) is 0 Å². The molecule has 5 rings (SSSR count). The van der Waals surface area contributed by atoms with Gasteiger partial charge in [0.25, 0.3) is 5.17 Å². The summed E-state index contributed by atoms with van der Waals surface area (Å²) in [6.07, 6.45) is -0.879. The molecule has 1 spiro atoms. The number of aliphatic carboxylic acids is 1. The summed E-state index contributed by atoms with van der Waals surface area (Å²) in [6, 6.07) is 14.1. The Bertz CT molecular complexity index is 1470. The van der Waals surface area contributed by atoms with Crippen LogP contribution in [-0.4, -0.2) is 70.7 Å². The summed E-state index contributed by atoms with van der Waals surface area (Å²) in [5, 5.41) is 32.3. The van der Waals surface area contributed by atoms with Crippen LogP contribution in [0.3, 0.4) is 0 Å². The van der Waals surface area contributed by atoms with E-state index < -0.39 is 23.6 Å². The lowest BCUT2D eigenvalue weighted by Crippen LogP contribution is -2.44. The number of halogens is 1. The smallest absolute Gasteiger partial charge is 0.340 e. The van der Waals surface area contributed by atoms with Crippen molar-refractivity contribution in [3.63, 3.8) is 0 Å². The average Bonchev–Trinajstić information content (AvgIpc) is 3.09. The molecule has 2 aliphatic rings. The number of carbonyl (C=O) groups is 2. The number of anilines is 1. The normalized spacial score (nSPS) is 14.9. The van der Waals surface area contributed by atoms with E-state index in [1.54, 1.807) is 30.3 Å². The summed E-state index contributed by atoms with van der Waals surface area (Å²) in [7, 11) is 5.77. The third kappa shape index (κ3) is 5.35. The number of aromatic hydroxyl groups is 2. The number of hydrogen-bond donors (Lipinski definition) is 4. The molecule has 1 unspecified atom stereocenters. The molecular formula is C28H28ClN2O8S+. The molecular weight excluding hydrogens is 560 g/mol. The molecule has 0 aromatic heterocycles. The van der Waals surface area contributed by atoms with E-state index in [2.05, 4.69) is 5.32 Å². The number of hydrogen-bond acceptors (Lipinski definition) is 8. The Morgan fingerprint density at radius 1 is 1.00 bits per heavy atom. The maximum Gasteiger partial charge on any atom is 0.340 e. The van der Waals surface area contributed by atoms with Crippen LogP contribution in [0.1, 0.15) is 33.5 Å². The summed E-state index contributed by atoms with van der Waals surface area (Å²) < 4.78 is 18.3. The van der Waals surface area contributed by atoms with Gasteiger partial charge in [0.1, 0.15) is 29.5 Å². The van der Waals surface area contributed by atoms with Crippen LogP contribution >= 0.6 is 24.6 Å². The van der Waals surface area contributed by atoms with Gasteiger partial charge in [-0.25, -0.2) is 4.79 Å². The van der Waals surface area contributed by atoms with Gasteiger partial charge in [-0.15, -0.1) is 12.4 Å². The molecule has 10 nitrogen and oxygen atoms in total. The Labute approximate surface area is 241 Å². The molecule has 4 N–H and O–H groups in total. The molecule has 0 amide bonds. The largest absolute Gasteiger partial charge is 0.508 e. The summed E-state index contributed by atoms with van der Waals surface area (Å²) in [6.45, 7) is 0.416. The van der Waals surface area contributed by atoms with Crippen molar-refractivity contribution < 1.29 is 43.6 Å². The Hall–Kier alpha value is -4.06. The molecule has 1 atom stereocenters. The molecule has 0 bridgehead atoms. The van der Waals surface area contributed by atoms with Crippen LogP contribution in [0.2, 0.25) is 0 Å². The second-order valence-electron chi connectivity index (χ2n) is 10.5. The second-order valence-corrected chi connectivity index (χ2v) is 10.9. The van der Waals surface area contributed by atoms with Crippen LogP contribution < -0.4 is 10.1 Å². The van der Waals surface area contributed by atoms with Crippen LogP contribution in [-0.2, 0) is 19.9 Å². The highest BCUT2D eigenvalue weighted by atomic mass is 35.5. The van der Waals surface area contributed by atoms with Gasteiger partial charge in [-0.2, -0.15) is 0 Å². The number of nitrogens with zero attached hydrogens (tertiary/aromatic N) is 1. The Kier molecular flexibility index (Phi) is 7.59. The monoisotopic (exact) mass is 587 g/mol. The van der Waals surface area contributed by atoms with E-state index in [-0.39, 0.29) is 52.6 Å². The SMILES string of the molecule is C[N+](C)(C)CC(CC(=O)O)OC(=S)Nc1ccc2c(c1)C(=O)OC21c2ccc(O)cc2Oc2cc(O)ccc21.Cl. The first-order chi connectivity index (χ1) is 18.4. The Morgan fingerprint density at radius 2 is 1.57 bits per heavy atom. The number of carboxylic acid groups (broad SMARTS) is 1. The van der Waals surface area contributed by atoms with E-state index >= 15 is 0 Å². The van der Waals surface area contributed by atoms with Crippen LogP contribution in [0.15, 0.2) is 54.6 Å². The van der Waals surface area contributed by atoms with Gasteiger partial charge in [0.2, 0.25) is 0 Å². The van der Waals surface area contributed by atoms with Crippen molar-refractivity contribution in [2.45, 2.75) is 18.1 Å². The van der Waals surface area contributed by atoms with E-state index in [9.17, 15) is 24.9 Å². The van der Waals surface area contributed by atoms with Gasteiger partial charge < -0.3 is 39.3 Å². The molecule has 3 aromatic rings. The van der Waals surface area contributed by atoms with E-state index in [4.69, 9.17) is 26.4 Å². The van der Waals surface area contributed by atoms with Crippen molar-refractivity contribution >= 4 is 47.4 Å². The number of ether oxygens (including phenoxy) is 3. The van der Waals surface area contributed by atoms with E-state index in [1.165, 1.54) is 24.3 Å². The third-order valence-electron chi connectivity index (χ3n) is 6.45. The third-order valence-corrected chi connectivity index (χ3v) is 6.65. The lowest BCUT2D eigenvalue weighted by atomic mass is 9.77. The topological polar surface area (TPSA) is 135 Å². The minimum absolute atomic E-state index is 0. The zero-order chi connectivity index (χ0) is 28.1. The number of rotatable bonds is 6. The second kappa shape index (κ2) is 10.5. The summed E-state index contributed by atoms with van der Waals surface area (Å²) in [5.41, 5.74) is 0.931. The summed E-state index contributed by atoms with van der Waals surface area (Å²) in [4.78, 5) is 24.6. The average molecular weight is 588 g/mol. The number of fused-ring (bicyclic) bond motifs is 6. The first-order valence-corrected chi connectivity index (χ1v) is 12.5. The zero-order valence-corrected chi connectivity index (χ0v) is 23.5.